The van der Waals surface area contributed by atoms with Gasteiger partial charge in [0.2, 0.25) is 0 Å². The van der Waals surface area contributed by atoms with Crippen molar-refractivity contribution in [1.82, 2.24) is 0 Å². The first-order chi connectivity index (χ1) is 9.69. The Kier molecular flexibility index (Phi) is 5.18. The van der Waals surface area contributed by atoms with Gasteiger partial charge in [0.1, 0.15) is 0 Å². The van der Waals surface area contributed by atoms with Crippen LogP contribution in [0.25, 0.3) is 6.08 Å². The molecular weight excluding hydrogens is 254 g/mol. The molecular formula is C16H21NO3. The Morgan fingerprint density at radius 1 is 1.45 bits per heavy atom. The summed E-state index contributed by atoms with van der Waals surface area (Å²) in [6, 6.07) is 7.96. The number of ether oxygens (including phenoxy) is 1. The highest BCUT2D eigenvalue weighted by molar-refractivity contribution is 5.85. The quantitative estimate of drug-likeness (QED) is 0.839. The van der Waals surface area contributed by atoms with E-state index in [1.807, 2.05) is 31.2 Å². The first-order valence-corrected chi connectivity index (χ1v) is 7.06. The number of anilines is 1. The van der Waals surface area contributed by atoms with E-state index in [2.05, 4.69) is 4.90 Å². The Balaban J connectivity index is 2.00. The van der Waals surface area contributed by atoms with Crippen molar-refractivity contribution in [3.63, 3.8) is 0 Å². The molecule has 2 rings (SSSR count). The van der Waals surface area contributed by atoms with Crippen LogP contribution >= 0.6 is 0 Å². The first-order valence-electron chi connectivity index (χ1n) is 7.06. The Labute approximate surface area is 119 Å². The van der Waals surface area contributed by atoms with E-state index >= 15 is 0 Å². The Bertz CT molecular complexity index is 465. The van der Waals surface area contributed by atoms with E-state index in [0.29, 0.717) is 6.10 Å². The number of piperidine rings is 1. The van der Waals surface area contributed by atoms with Gasteiger partial charge in [-0.3, -0.25) is 0 Å². The zero-order valence-electron chi connectivity index (χ0n) is 11.8. The van der Waals surface area contributed by atoms with Gasteiger partial charge in [0.05, 0.1) is 6.10 Å². The van der Waals surface area contributed by atoms with E-state index in [9.17, 15) is 4.79 Å². The molecule has 1 aromatic carbocycles. The molecule has 4 nitrogen and oxygen atoms in total. The Morgan fingerprint density at radius 2 is 2.20 bits per heavy atom. The van der Waals surface area contributed by atoms with Gasteiger partial charge in [-0.05, 0) is 43.5 Å². The van der Waals surface area contributed by atoms with E-state index in [4.69, 9.17) is 9.84 Å². The van der Waals surface area contributed by atoms with Crippen molar-refractivity contribution in [2.24, 2.45) is 0 Å². The highest BCUT2D eigenvalue weighted by Crippen LogP contribution is 2.22. The van der Waals surface area contributed by atoms with Gasteiger partial charge in [0.25, 0.3) is 0 Å². The van der Waals surface area contributed by atoms with Gasteiger partial charge in [-0.1, -0.05) is 12.1 Å². The number of hydrogen-bond donors (Lipinski definition) is 1. The minimum atomic E-state index is -0.926. The molecule has 0 radical (unpaired) electrons. The van der Waals surface area contributed by atoms with Crippen molar-refractivity contribution in [2.45, 2.75) is 25.9 Å². The molecule has 1 atom stereocenters. The average Bonchev–Trinajstić information content (AvgIpc) is 2.46. The molecule has 20 heavy (non-hydrogen) atoms. The zero-order chi connectivity index (χ0) is 14.4. The molecule has 1 aliphatic rings. The predicted molar refractivity (Wildman–Crippen MR) is 80.0 cm³/mol. The molecule has 0 spiro atoms. The lowest BCUT2D eigenvalue weighted by Gasteiger charge is -2.34. The fourth-order valence-electron chi connectivity index (χ4n) is 2.51. The minimum Gasteiger partial charge on any atom is -0.478 e. The van der Waals surface area contributed by atoms with Gasteiger partial charge in [0.15, 0.2) is 0 Å². The fourth-order valence-corrected chi connectivity index (χ4v) is 2.51. The molecule has 1 heterocycles. The lowest BCUT2D eigenvalue weighted by molar-refractivity contribution is -0.131. The van der Waals surface area contributed by atoms with Crippen molar-refractivity contribution < 1.29 is 14.6 Å². The van der Waals surface area contributed by atoms with E-state index in [0.717, 1.165) is 44.2 Å². The van der Waals surface area contributed by atoms with Gasteiger partial charge in [-0.2, -0.15) is 0 Å². The SMILES string of the molecule is CCOC1CCCN(c2ccc(C=CC(=O)O)cc2)C1. The summed E-state index contributed by atoms with van der Waals surface area (Å²) in [5.41, 5.74) is 2.07. The number of carboxylic acids is 1. The van der Waals surface area contributed by atoms with Crippen molar-refractivity contribution in [3.05, 3.63) is 35.9 Å². The second-order valence-corrected chi connectivity index (χ2v) is 4.93. The normalized spacial score (nSPS) is 19.4. The Hall–Kier alpha value is -1.81. The highest BCUT2D eigenvalue weighted by Gasteiger charge is 2.19. The lowest BCUT2D eigenvalue weighted by Crippen LogP contribution is -2.39. The molecule has 4 heteroatoms. The zero-order valence-corrected chi connectivity index (χ0v) is 11.8. The van der Waals surface area contributed by atoms with Crippen LogP contribution in [0.4, 0.5) is 5.69 Å². The van der Waals surface area contributed by atoms with Crippen LogP contribution in [0.1, 0.15) is 25.3 Å². The van der Waals surface area contributed by atoms with E-state index in [1.165, 1.54) is 5.69 Å². The molecule has 0 aliphatic carbocycles. The summed E-state index contributed by atoms with van der Waals surface area (Å²) < 4.78 is 5.71. The molecule has 0 saturated carbocycles. The monoisotopic (exact) mass is 275 g/mol. The molecule has 1 unspecified atom stereocenters. The third-order valence-electron chi connectivity index (χ3n) is 3.46. The van der Waals surface area contributed by atoms with E-state index < -0.39 is 5.97 Å². The van der Waals surface area contributed by atoms with Crippen LogP contribution in [0.3, 0.4) is 0 Å². The molecule has 1 aromatic rings. The van der Waals surface area contributed by atoms with E-state index in [1.54, 1.807) is 6.08 Å². The number of hydrogen-bond acceptors (Lipinski definition) is 3. The van der Waals surface area contributed by atoms with Gasteiger partial charge in [0, 0.05) is 31.5 Å². The predicted octanol–water partition coefficient (Wildman–Crippen LogP) is 2.79. The molecule has 0 aromatic heterocycles. The van der Waals surface area contributed by atoms with Crippen LogP contribution in [0.2, 0.25) is 0 Å². The molecule has 108 valence electrons. The molecule has 0 amide bonds. The Morgan fingerprint density at radius 3 is 2.85 bits per heavy atom. The van der Waals surface area contributed by atoms with E-state index in [-0.39, 0.29) is 0 Å². The van der Waals surface area contributed by atoms with Gasteiger partial charge >= 0.3 is 5.97 Å². The van der Waals surface area contributed by atoms with Crippen molar-refractivity contribution in [3.8, 4) is 0 Å². The molecule has 1 saturated heterocycles. The van der Waals surface area contributed by atoms with Crippen LogP contribution in [-0.4, -0.2) is 36.9 Å². The summed E-state index contributed by atoms with van der Waals surface area (Å²) in [5, 5.41) is 8.60. The maximum atomic E-state index is 10.5. The van der Waals surface area contributed by atoms with Crippen LogP contribution in [-0.2, 0) is 9.53 Å². The third kappa shape index (κ3) is 4.10. The summed E-state index contributed by atoms with van der Waals surface area (Å²) in [6.07, 6.45) is 5.35. The molecule has 1 aliphatic heterocycles. The maximum Gasteiger partial charge on any atom is 0.328 e. The number of aliphatic carboxylic acids is 1. The average molecular weight is 275 g/mol. The minimum absolute atomic E-state index is 0.320. The second-order valence-electron chi connectivity index (χ2n) is 4.93. The van der Waals surface area contributed by atoms with Crippen LogP contribution in [0.5, 0.6) is 0 Å². The summed E-state index contributed by atoms with van der Waals surface area (Å²) >= 11 is 0. The number of carbonyl (C=O) groups is 1. The van der Waals surface area contributed by atoms with Gasteiger partial charge < -0.3 is 14.7 Å². The van der Waals surface area contributed by atoms with Crippen molar-refractivity contribution in [2.75, 3.05) is 24.6 Å². The molecule has 1 N–H and O–H groups in total. The van der Waals surface area contributed by atoms with Gasteiger partial charge in [-0.15, -0.1) is 0 Å². The highest BCUT2D eigenvalue weighted by atomic mass is 16.5. The van der Waals surface area contributed by atoms with Crippen molar-refractivity contribution in [1.29, 1.82) is 0 Å². The smallest absolute Gasteiger partial charge is 0.328 e. The lowest BCUT2D eigenvalue weighted by atomic mass is 10.1. The standard InChI is InChI=1S/C16H21NO3/c1-2-20-15-4-3-11-17(12-15)14-8-5-13(6-9-14)7-10-16(18)19/h5-10,15H,2-4,11-12H2,1H3,(H,18,19). The fraction of sp³-hybridized carbons (Fsp3) is 0.438. The largest absolute Gasteiger partial charge is 0.478 e. The maximum absolute atomic E-state index is 10.5. The topological polar surface area (TPSA) is 49.8 Å². The number of nitrogens with zero attached hydrogens (tertiary/aromatic N) is 1. The molecule has 0 bridgehead atoms. The number of benzene rings is 1. The number of carboxylic acid groups (broad SMARTS) is 1. The third-order valence-corrected chi connectivity index (χ3v) is 3.46. The summed E-state index contributed by atoms with van der Waals surface area (Å²) in [5.74, 6) is -0.926. The van der Waals surface area contributed by atoms with Crippen LogP contribution in [0.15, 0.2) is 30.3 Å². The summed E-state index contributed by atoms with van der Waals surface area (Å²) in [7, 11) is 0. The van der Waals surface area contributed by atoms with Crippen LogP contribution < -0.4 is 4.90 Å². The van der Waals surface area contributed by atoms with Crippen LogP contribution in [0, 0.1) is 0 Å². The van der Waals surface area contributed by atoms with Crippen molar-refractivity contribution >= 4 is 17.7 Å². The molecule has 1 fully saturated rings. The first kappa shape index (κ1) is 14.6. The summed E-state index contributed by atoms with van der Waals surface area (Å²) in [4.78, 5) is 12.8. The second kappa shape index (κ2) is 7.10. The summed E-state index contributed by atoms with van der Waals surface area (Å²) in [6.45, 7) is 4.77. The van der Waals surface area contributed by atoms with Gasteiger partial charge in [-0.25, -0.2) is 4.79 Å². The number of rotatable bonds is 5.